The molecule has 1 unspecified atom stereocenters. The third-order valence-corrected chi connectivity index (χ3v) is 1.61. The Morgan fingerprint density at radius 3 is 2.69 bits per heavy atom. The molecule has 0 fully saturated rings. The van der Waals surface area contributed by atoms with Crippen molar-refractivity contribution in [1.29, 1.82) is 0 Å². The Labute approximate surface area is 75.6 Å². The lowest BCUT2D eigenvalue weighted by atomic mass is 10.1. The van der Waals surface area contributed by atoms with Gasteiger partial charge in [0.15, 0.2) is 0 Å². The number of rotatable bonds is 7. The lowest BCUT2D eigenvalue weighted by Crippen LogP contribution is -2.16. The maximum atomic E-state index is 10.1. The second-order valence-electron chi connectivity index (χ2n) is 2.65. The molecule has 0 rings (SSSR count). The highest BCUT2D eigenvalue weighted by Crippen LogP contribution is 2.08. The summed E-state index contributed by atoms with van der Waals surface area (Å²) in [5, 5.41) is 17.4. The van der Waals surface area contributed by atoms with E-state index in [2.05, 4.69) is 4.84 Å². The van der Waals surface area contributed by atoms with E-state index in [4.69, 9.17) is 5.11 Å². The molecule has 0 aromatic rings. The van der Waals surface area contributed by atoms with E-state index >= 15 is 0 Å². The fourth-order valence-corrected chi connectivity index (χ4v) is 0.934. The van der Waals surface area contributed by atoms with Crippen molar-refractivity contribution >= 4 is 5.97 Å². The molecule has 6 nitrogen and oxygen atoms in total. The summed E-state index contributed by atoms with van der Waals surface area (Å²) in [6, 6.07) is 0. The van der Waals surface area contributed by atoms with E-state index in [1.165, 1.54) is 0 Å². The zero-order valence-corrected chi connectivity index (χ0v) is 7.43. The van der Waals surface area contributed by atoms with E-state index < -0.39 is 17.2 Å². The molecule has 0 amide bonds. The van der Waals surface area contributed by atoms with Crippen LogP contribution in [0.25, 0.3) is 0 Å². The van der Waals surface area contributed by atoms with Crippen LogP contribution < -0.4 is 0 Å². The van der Waals surface area contributed by atoms with E-state index in [1.807, 2.05) is 0 Å². The molecule has 0 aliphatic heterocycles. The first-order valence-corrected chi connectivity index (χ1v) is 4.09. The largest absolute Gasteiger partial charge is 0.481 e. The van der Waals surface area contributed by atoms with Gasteiger partial charge in [-0.2, -0.15) is 0 Å². The molecule has 0 saturated carbocycles. The predicted molar refractivity (Wildman–Crippen MR) is 43.6 cm³/mol. The highest BCUT2D eigenvalue weighted by molar-refractivity contribution is 5.66. The molecule has 0 saturated heterocycles. The van der Waals surface area contributed by atoms with Crippen LogP contribution in [0, 0.1) is 10.1 Å². The molecule has 0 aliphatic carbocycles. The van der Waals surface area contributed by atoms with Crippen LogP contribution in [0.5, 0.6) is 0 Å². The van der Waals surface area contributed by atoms with Crippen molar-refractivity contribution in [2.75, 3.05) is 0 Å². The molecular weight excluding hydrogens is 178 g/mol. The highest BCUT2D eigenvalue weighted by Gasteiger charge is 2.11. The van der Waals surface area contributed by atoms with Gasteiger partial charge in [0.2, 0.25) is 0 Å². The van der Waals surface area contributed by atoms with Gasteiger partial charge in [0.25, 0.3) is 5.09 Å². The van der Waals surface area contributed by atoms with E-state index in [0.717, 1.165) is 0 Å². The van der Waals surface area contributed by atoms with Gasteiger partial charge in [-0.15, -0.1) is 10.1 Å². The lowest BCUT2D eigenvalue weighted by molar-refractivity contribution is -0.768. The molecule has 6 heteroatoms. The summed E-state index contributed by atoms with van der Waals surface area (Å²) in [4.78, 5) is 24.4. The van der Waals surface area contributed by atoms with Crippen LogP contribution in [-0.4, -0.2) is 22.3 Å². The molecule has 0 aromatic heterocycles. The molecule has 0 radical (unpaired) electrons. The SMILES string of the molecule is CCC(CCCC(=O)O)O[N+](=O)[O-]. The van der Waals surface area contributed by atoms with Gasteiger partial charge in [-0.1, -0.05) is 6.92 Å². The van der Waals surface area contributed by atoms with Gasteiger partial charge < -0.3 is 9.94 Å². The van der Waals surface area contributed by atoms with Crippen molar-refractivity contribution in [3.05, 3.63) is 10.1 Å². The molecular formula is C7H13NO5. The fourth-order valence-electron chi connectivity index (χ4n) is 0.934. The van der Waals surface area contributed by atoms with Gasteiger partial charge >= 0.3 is 5.97 Å². The van der Waals surface area contributed by atoms with Gasteiger partial charge in [-0.3, -0.25) is 4.79 Å². The van der Waals surface area contributed by atoms with Crippen molar-refractivity contribution in [3.8, 4) is 0 Å². The Balaban J connectivity index is 3.59. The standard InChI is InChI=1S/C7H13NO5/c1-2-6(13-8(11)12)4-3-5-7(9)10/h6H,2-5H2,1H3,(H,9,10). The smallest absolute Gasteiger partial charge is 0.303 e. The minimum Gasteiger partial charge on any atom is -0.481 e. The van der Waals surface area contributed by atoms with Gasteiger partial charge in [0, 0.05) is 6.42 Å². The average molecular weight is 191 g/mol. The molecule has 0 bridgehead atoms. The molecule has 1 N–H and O–H groups in total. The molecule has 0 heterocycles. The van der Waals surface area contributed by atoms with E-state index in [1.54, 1.807) is 6.92 Å². The normalized spacial score (nSPS) is 12.1. The number of carboxylic acids is 1. The van der Waals surface area contributed by atoms with Crippen molar-refractivity contribution in [2.45, 2.75) is 38.7 Å². The van der Waals surface area contributed by atoms with Crippen molar-refractivity contribution in [2.24, 2.45) is 0 Å². The number of carbonyl (C=O) groups is 1. The van der Waals surface area contributed by atoms with Gasteiger partial charge in [0.1, 0.15) is 6.10 Å². The summed E-state index contributed by atoms with van der Waals surface area (Å²) in [6.45, 7) is 1.76. The van der Waals surface area contributed by atoms with Crippen LogP contribution in [0.2, 0.25) is 0 Å². The quantitative estimate of drug-likeness (QED) is 0.482. The molecule has 76 valence electrons. The maximum Gasteiger partial charge on any atom is 0.303 e. The molecule has 0 aromatic carbocycles. The zero-order valence-electron chi connectivity index (χ0n) is 7.43. The minimum atomic E-state index is -0.893. The number of carboxylic acid groups (broad SMARTS) is 1. The number of aliphatic carboxylic acids is 1. The lowest BCUT2D eigenvalue weighted by Gasteiger charge is -2.10. The first-order chi connectivity index (χ1) is 6.06. The summed E-state index contributed by atoms with van der Waals surface area (Å²) in [6.07, 6.45) is 0.873. The first kappa shape index (κ1) is 11.7. The number of hydrogen-bond acceptors (Lipinski definition) is 4. The molecule has 0 spiro atoms. The number of hydrogen-bond donors (Lipinski definition) is 1. The van der Waals surface area contributed by atoms with Crippen LogP contribution in [0.3, 0.4) is 0 Å². The van der Waals surface area contributed by atoms with Crippen molar-refractivity contribution in [1.82, 2.24) is 0 Å². The number of nitrogens with zero attached hydrogens (tertiary/aromatic N) is 1. The summed E-state index contributed by atoms with van der Waals surface area (Å²) in [5.41, 5.74) is 0. The Hall–Kier alpha value is -1.33. The van der Waals surface area contributed by atoms with Crippen LogP contribution in [-0.2, 0) is 9.63 Å². The van der Waals surface area contributed by atoms with Gasteiger partial charge in [0.05, 0.1) is 0 Å². The molecule has 0 aliphatic rings. The Morgan fingerprint density at radius 1 is 1.69 bits per heavy atom. The summed E-state index contributed by atoms with van der Waals surface area (Å²) in [7, 11) is 0. The van der Waals surface area contributed by atoms with Gasteiger partial charge in [-0.25, -0.2) is 0 Å². The third-order valence-electron chi connectivity index (χ3n) is 1.61. The van der Waals surface area contributed by atoms with Crippen molar-refractivity contribution < 1.29 is 19.8 Å². The average Bonchev–Trinajstić information content (AvgIpc) is 2.01. The Bertz CT molecular complexity index is 182. The second kappa shape index (κ2) is 6.22. The summed E-state index contributed by atoms with van der Waals surface area (Å²) >= 11 is 0. The van der Waals surface area contributed by atoms with Crippen LogP contribution in [0.15, 0.2) is 0 Å². The highest BCUT2D eigenvalue weighted by atomic mass is 17.0. The van der Waals surface area contributed by atoms with E-state index in [9.17, 15) is 14.9 Å². The van der Waals surface area contributed by atoms with E-state index in [0.29, 0.717) is 19.3 Å². The van der Waals surface area contributed by atoms with Crippen molar-refractivity contribution in [3.63, 3.8) is 0 Å². The van der Waals surface area contributed by atoms with Crippen LogP contribution in [0.4, 0.5) is 0 Å². The Morgan fingerprint density at radius 2 is 2.31 bits per heavy atom. The summed E-state index contributed by atoms with van der Waals surface area (Å²) in [5.74, 6) is -0.893. The fraction of sp³-hybridized carbons (Fsp3) is 0.857. The maximum absolute atomic E-state index is 10.1. The topological polar surface area (TPSA) is 89.7 Å². The van der Waals surface area contributed by atoms with Gasteiger partial charge in [-0.05, 0) is 19.3 Å². The van der Waals surface area contributed by atoms with E-state index in [-0.39, 0.29) is 6.42 Å². The molecule has 13 heavy (non-hydrogen) atoms. The summed E-state index contributed by atoms with van der Waals surface area (Å²) < 4.78 is 0. The molecule has 1 atom stereocenters. The third kappa shape index (κ3) is 7.04. The van der Waals surface area contributed by atoms with Crippen LogP contribution >= 0.6 is 0 Å². The monoisotopic (exact) mass is 191 g/mol. The second-order valence-corrected chi connectivity index (χ2v) is 2.65. The Kier molecular flexibility index (Phi) is 5.58. The van der Waals surface area contributed by atoms with Crippen LogP contribution in [0.1, 0.15) is 32.6 Å². The predicted octanol–water partition coefficient (Wildman–Crippen LogP) is 1.23. The zero-order chi connectivity index (χ0) is 10.3. The first-order valence-electron chi connectivity index (χ1n) is 4.09. The minimum absolute atomic E-state index is 0.0254.